The van der Waals surface area contributed by atoms with Gasteiger partial charge in [0.1, 0.15) is 11.2 Å². The van der Waals surface area contributed by atoms with Crippen molar-refractivity contribution < 1.29 is 24.0 Å². The highest BCUT2D eigenvalue weighted by Gasteiger charge is 2.83. The van der Waals surface area contributed by atoms with Gasteiger partial charge in [0.15, 0.2) is 23.1 Å². The maximum absolute atomic E-state index is 14.0. The molecule has 0 saturated heterocycles. The fourth-order valence-electron chi connectivity index (χ4n) is 6.77. The minimum atomic E-state index is -1.77. The second kappa shape index (κ2) is 6.54. The lowest BCUT2D eigenvalue weighted by molar-refractivity contribution is -0.167. The van der Waals surface area contributed by atoms with E-state index in [0.717, 1.165) is 5.57 Å². The standard InChI is InChI=1S/C25H34O5/c1-13(2)9-10-23(8)19(28)24-11-16(15(5)26)22(6,7)17(24)12-25(20(23)29,21(24)30)18(27)14(3)4/h9,14,16-17H,10-12H2,1-8H3/t16-,17+,23-,24-,25+/m0/s1. The molecule has 2 bridgehead atoms. The summed E-state index contributed by atoms with van der Waals surface area (Å²) >= 11 is 0. The molecule has 0 N–H and O–H groups in total. The van der Waals surface area contributed by atoms with E-state index in [2.05, 4.69) is 0 Å². The van der Waals surface area contributed by atoms with E-state index in [1.165, 1.54) is 6.92 Å². The van der Waals surface area contributed by atoms with Crippen LogP contribution < -0.4 is 0 Å². The molecule has 5 nitrogen and oxygen atoms in total. The van der Waals surface area contributed by atoms with Crippen LogP contribution in [0.15, 0.2) is 11.6 Å². The smallest absolute Gasteiger partial charge is 0.167 e. The molecule has 3 aliphatic carbocycles. The first-order valence-electron chi connectivity index (χ1n) is 10.9. The van der Waals surface area contributed by atoms with Crippen LogP contribution in [0, 0.1) is 39.4 Å². The number of Topliss-reactive ketones (excluding diaryl/α,β-unsaturated/α-hetero) is 5. The third-order valence-corrected chi connectivity index (χ3v) is 8.37. The predicted molar refractivity (Wildman–Crippen MR) is 113 cm³/mol. The monoisotopic (exact) mass is 414 g/mol. The van der Waals surface area contributed by atoms with Crippen LogP contribution in [0.5, 0.6) is 0 Å². The molecule has 0 aromatic rings. The Morgan fingerprint density at radius 3 is 2.00 bits per heavy atom. The highest BCUT2D eigenvalue weighted by atomic mass is 16.2. The van der Waals surface area contributed by atoms with Gasteiger partial charge in [-0.3, -0.25) is 24.0 Å². The van der Waals surface area contributed by atoms with Crippen molar-refractivity contribution >= 4 is 28.9 Å². The number of carbonyl (C=O) groups is 5. The Bertz CT molecular complexity index is 902. The summed E-state index contributed by atoms with van der Waals surface area (Å²) in [5.74, 6) is -3.29. The van der Waals surface area contributed by atoms with Crippen molar-refractivity contribution in [3.05, 3.63) is 11.6 Å². The van der Waals surface area contributed by atoms with Crippen molar-refractivity contribution in [1.82, 2.24) is 0 Å². The molecular formula is C25H34O5. The van der Waals surface area contributed by atoms with Gasteiger partial charge in [-0.2, -0.15) is 0 Å². The zero-order valence-electron chi connectivity index (χ0n) is 19.5. The Hall–Kier alpha value is -1.91. The first-order chi connectivity index (χ1) is 13.6. The molecule has 5 atom stereocenters. The molecule has 3 saturated carbocycles. The Balaban J connectivity index is 2.32. The van der Waals surface area contributed by atoms with Crippen LogP contribution in [-0.2, 0) is 24.0 Å². The Kier molecular flexibility index (Phi) is 4.97. The summed E-state index contributed by atoms with van der Waals surface area (Å²) in [5, 5.41) is 0. The number of carbonyl (C=O) groups excluding carboxylic acids is 5. The molecule has 0 aromatic heterocycles. The van der Waals surface area contributed by atoms with E-state index in [9.17, 15) is 24.0 Å². The van der Waals surface area contributed by atoms with Gasteiger partial charge >= 0.3 is 0 Å². The molecule has 1 spiro atoms. The summed E-state index contributed by atoms with van der Waals surface area (Å²) in [4.78, 5) is 67.8. The van der Waals surface area contributed by atoms with E-state index in [1.54, 1.807) is 20.8 Å². The van der Waals surface area contributed by atoms with Crippen LogP contribution in [0.4, 0.5) is 0 Å². The van der Waals surface area contributed by atoms with Gasteiger partial charge in [0, 0.05) is 11.8 Å². The maximum atomic E-state index is 14.0. The molecule has 0 heterocycles. The summed E-state index contributed by atoms with van der Waals surface area (Å²) in [6, 6.07) is 0. The average Bonchev–Trinajstić information content (AvgIpc) is 3.03. The molecule has 164 valence electrons. The number of hydrogen-bond acceptors (Lipinski definition) is 5. The summed E-state index contributed by atoms with van der Waals surface area (Å²) in [5.41, 5.74) is -4.31. The summed E-state index contributed by atoms with van der Waals surface area (Å²) < 4.78 is 0. The van der Waals surface area contributed by atoms with E-state index in [-0.39, 0.29) is 36.6 Å². The van der Waals surface area contributed by atoms with E-state index >= 15 is 0 Å². The zero-order chi connectivity index (χ0) is 23.0. The van der Waals surface area contributed by atoms with Crippen LogP contribution >= 0.6 is 0 Å². The highest BCUT2D eigenvalue weighted by Crippen LogP contribution is 2.72. The number of allylic oxidation sites excluding steroid dienone is 2. The first-order valence-corrected chi connectivity index (χ1v) is 10.9. The molecule has 0 aliphatic heterocycles. The highest BCUT2D eigenvalue weighted by molar-refractivity contribution is 6.40. The number of ketones is 5. The molecule has 0 aromatic carbocycles. The maximum Gasteiger partial charge on any atom is 0.167 e. The van der Waals surface area contributed by atoms with E-state index in [1.807, 2.05) is 33.8 Å². The van der Waals surface area contributed by atoms with Crippen LogP contribution in [0.3, 0.4) is 0 Å². The lowest BCUT2D eigenvalue weighted by Gasteiger charge is -2.44. The van der Waals surface area contributed by atoms with Gasteiger partial charge in [0.05, 0.1) is 10.8 Å². The molecule has 3 fully saturated rings. The van der Waals surface area contributed by atoms with Crippen LogP contribution in [0.1, 0.15) is 74.7 Å². The van der Waals surface area contributed by atoms with Crippen molar-refractivity contribution in [3.8, 4) is 0 Å². The second-order valence-corrected chi connectivity index (χ2v) is 11.1. The van der Waals surface area contributed by atoms with Crippen molar-refractivity contribution in [2.45, 2.75) is 74.7 Å². The van der Waals surface area contributed by atoms with Crippen LogP contribution in [-0.4, -0.2) is 28.9 Å². The zero-order valence-corrected chi connectivity index (χ0v) is 19.5. The minimum absolute atomic E-state index is 0.0481. The SMILES string of the molecule is CC(=O)[C@@H]1C[C@@]23C(=O)[C@](C)(CC=C(C)C)C(=O)[C@](C(=O)C(C)C)(C[C@@H]2C1(C)C)C3=O. The molecule has 30 heavy (non-hydrogen) atoms. The van der Waals surface area contributed by atoms with Crippen molar-refractivity contribution in [2.75, 3.05) is 0 Å². The average molecular weight is 415 g/mol. The minimum Gasteiger partial charge on any atom is -0.300 e. The Labute approximate surface area is 179 Å². The topological polar surface area (TPSA) is 85.3 Å². The van der Waals surface area contributed by atoms with Gasteiger partial charge in [-0.25, -0.2) is 0 Å². The van der Waals surface area contributed by atoms with Crippen LogP contribution in [0.2, 0.25) is 0 Å². The van der Waals surface area contributed by atoms with Crippen molar-refractivity contribution in [1.29, 1.82) is 0 Å². The van der Waals surface area contributed by atoms with Gasteiger partial charge in [0.25, 0.3) is 0 Å². The van der Waals surface area contributed by atoms with Gasteiger partial charge in [-0.1, -0.05) is 39.3 Å². The Morgan fingerprint density at radius 1 is 0.967 bits per heavy atom. The summed E-state index contributed by atoms with van der Waals surface area (Å²) in [7, 11) is 0. The normalized spacial score (nSPS) is 39.3. The molecule has 3 rings (SSSR count). The van der Waals surface area contributed by atoms with Crippen molar-refractivity contribution in [3.63, 3.8) is 0 Å². The fraction of sp³-hybridized carbons (Fsp3) is 0.720. The number of rotatable bonds is 5. The molecule has 0 radical (unpaired) electrons. The first kappa shape index (κ1) is 22.8. The van der Waals surface area contributed by atoms with Crippen molar-refractivity contribution in [2.24, 2.45) is 39.4 Å². The number of fused-ring (bicyclic) bond motifs is 1. The van der Waals surface area contributed by atoms with E-state index < -0.39 is 51.0 Å². The van der Waals surface area contributed by atoms with Crippen LogP contribution in [0.25, 0.3) is 0 Å². The molecule has 0 amide bonds. The predicted octanol–water partition coefficient (Wildman–Crippen LogP) is 3.92. The number of hydrogen-bond donors (Lipinski definition) is 0. The largest absolute Gasteiger partial charge is 0.300 e. The molecular weight excluding hydrogens is 380 g/mol. The van der Waals surface area contributed by atoms with Gasteiger partial charge in [-0.05, 0) is 58.3 Å². The van der Waals surface area contributed by atoms with Gasteiger partial charge < -0.3 is 0 Å². The lowest BCUT2D eigenvalue weighted by Crippen LogP contribution is -2.64. The van der Waals surface area contributed by atoms with Gasteiger partial charge in [0.2, 0.25) is 0 Å². The fourth-order valence-corrected chi connectivity index (χ4v) is 6.77. The molecule has 5 heteroatoms. The third-order valence-electron chi connectivity index (χ3n) is 8.37. The van der Waals surface area contributed by atoms with Gasteiger partial charge in [-0.15, -0.1) is 0 Å². The third kappa shape index (κ3) is 2.44. The second-order valence-electron chi connectivity index (χ2n) is 11.1. The lowest BCUT2D eigenvalue weighted by atomic mass is 9.52. The quantitative estimate of drug-likeness (QED) is 0.503. The molecule has 3 aliphatic rings. The molecule has 0 unspecified atom stereocenters. The Morgan fingerprint density at radius 2 is 1.53 bits per heavy atom. The van der Waals surface area contributed by atoms with E-state index in [4.69, 9.17) is 0 Å². The van der Waals surface area contributed by atoms with E-state index in [0.29, 0.717) is 0 Å². The summed E-state index contributed by atoms with van der Waals surface area (Å²) in [6.07, 6.45) is 2.18. The summed E-state index contributed by atoms with van der Waals surface area (Å²) in [6.45, 7) is 14.1.